The molecule has 0 aromatic carbocycles. The van der Waals surface area contributed by atoms with E-state index in [2.05, 4.69) is 18.8 Å². The van der Waals surface area contributed by atoms with Crippen molar-refractivity contribution in [3.63, 3.8) is 0 Å². The van der Waals surface area contributed by atoms with Crippen LogP contribution in [0.4, 0.5) is 0 Å². The molecule has 0 atom stereocenters. The predicted molar refractivity (Wildman–Crippen MR) is 44.9 cm³/mol. The molecule has 1 heterocycles. The lowest BCUT2D eigenvalue weighted by atomic mass is 10.1. The van der Waals surface area contributed by atoms with Gasteiger partial charge in [-0.05, 0) is 17.5 Å². The highest BCUT2D eigenvalue weighted by molar-refractivity contribution is 5.25. The van der Waals surface area contributed by atoms with Crippen molar-refractivity contribution in [3.05, 3.63) is 24.0 Å². The molecule has 0 unspecified atom stereocenters. The Kier molecular flexibility index (Phi) is 2.47. The van der Waals surface area contributed by atoms with E-state index in [1.807, 2.05) is 12.3 Å². The van der Waals surface area contributed by atoms with Gasteiger partial charge in [-0.15, -0.1) is 0 Å². The number of methoxy groups -OCH3 is 1. The van der Waals surface area contributed by atoms with Crippen molar-refractivity contribution in [3.8, 4) is 5.75 Å². The number of ether oxygens (including phenoxy) is 1. The molecule has 0 saturated heterocycles. The summed E-state index contributed by atoms with van der Waals surface area (Å²) in [7, 11) is 1.65. The molecule has 0 amide bonds. The minimum Gasteiger partial charge on any atom is -0.495 e. The van der Waals surface area contributed by atoms with Crippen molar-refractivity contribution in [1.29, 1.82) is 0 Å². The van der Waals surface area contributed by atoms with Crippen LogP contribution in [0, 0.1) is 0 Å². The van der Waals surface area contributed by atoms with E-state index in [-0.39, 0.29) is 0 Å². The van der Waals surface area contributed by atoms with E-state index < -0.39 is 0 Å². The van der Waals surface area contributed by atoms with Gasteiger partial charge < -0.3 is 4.74 Å². The maximum atomic E-state index is 5.04. The van der Waals surface area contributed by atoms with Crippen LogP contribution in [0.2, 0.25) is 0 Å². The van der Waals surface area contributed by atoms with Crippen LogP contribution in [0.25, 0.3) is 0 Å². The normalized spacial score (nSPS) is 10.2. The van der Waals surface area contributed by atoms with Crippen LogP contribution in [0.1, 0.15) is 25.3 Å². The van der Waals surface area contributed by atoms with Gasteiger partial charge in [0.05, 0.1) is 13.3 Å². The van der Waals surface area contributed by atoms with Crippen molar-refractivity contribution in [2.24, 2.45) is 0 Å². The number of pyridine rings is 1. The molecule has 0 N–H and O–H groups in total. The van der Waals surface area contributed by atoms with Crippen molar-refractivity contribution >= 4 is 0 Å². The maximum Gasteiger partial charge on any atom is 0.137 e. The minimum atomic E-state index is 0.512. The van der Waals surface area contributed by atoms with Crippen molar-refractivity contribution in [2.75, 3.05) is 7.11 Å². The Bertz CT molecular complexity index is 233. The first-order chi connectivity index (χ1) is 5.24. The van der Waals surface area contributed by atoms with Crippen LogP contribution < -0.4 is 4.74 Å². The SMILES string of the molecule is COc1cncc(C(C)C)c1. The van der Waals surface area contributed by atoms with Crippen LogP contribution in [0.3, 0.4) is 0 Å². The molecule has 1 rings (SSSR count). The molecule has 1 aromatic rings. The predicted octanol–water partition coefficient (Wildman–Crippen LogP) is 2.21. The first-order valence-corrected chi connectivity index (χ1v) is 3.73. The van der Waals surface area contributed by atoms with Crippen molar-refractivity contribution < 1.29 is 4.74 Å². The molecule has 60 valence electrons. The highest BCUT2D eigenvalue weighted by atomic mass is 16.5. The second kappa shape index (κ2) is 3.37. The maximum absolute atomic E-state index is 5.04. The molecule has 2 heteroatoms. The van der Waals surface area contributed by atoms with Gasteiger partial charge in [-0.2, -0.15) is 0 Å². The molecule has 0 spiro atoms. The molecule has 1 aromatic heterocycles. The highest BCUT2D eigenvalue weighted by Gasteiger charge is 1.99. The number of nitrogens with zero attached hydrogens (tertiary/aromatic N) is 1. The molecule has 11 heavy (non-hydrogen) atoms. The van der Waals surface area contributed by atoms with Gasteiger partial charge in [0.1, 0.15) is 5.75 Å². The summed E-state index contributed by atoms with van der Waals surface area (Å²) in [5.74, 6) is 1.34. The van der Waals surface area contributed by atoms with Gasteiger partial charge in [-0.25, -0.2) is 0 Å². The zero-order valence-electron chi connectivity index (χ0n) is 7.16. The number of hydrogen-bond acceptors (Lipinski definition) is 2. The van der Waals surface area contributed by atoms with Gasteiger partial charge in [-0.1, -0.05) is 13.8 Å². The van der Waals surface area contributed by atoms with Gasteiger partial charge >= 0.3 is 0 Å². The lowest BCUT2D eigenvalue weighted by Crippen LogP contribution is -1.90. The second-order valence-electron chi connectivity index (χ2n) is 2.81. The van der Waals surface area contributed by atoms with Crippen LogP contribution in [0.5, 0.6) is 5.75 Å². The Morgan fingerprint density at radius 3 is 2.64 bits per heavy atom. The average Bonchev–Trinajstić information content (AvgIpc) is 2.05. The van der Waals surface area contributed by atoms with E-state index in [1.165, 1.54) is 5.56 Å². The Labute approximate surface area is 67.2 Å². The summed E-state index contributed by atoms with van der Waals surface area (Å²) in [6.07, 6.45) is 3.58. The zero-order valence-corrected chi connectivity index (χ0v) is 7.16. The minimum absolute atomic E-state index is 0.512. The Morgan fingerprint density at radius 2 is 2.09 bits per heavy atom. The first-order valence-electron chi connectivity index (χ1n) is 3.73. The lowest BCUT2D eigenvalue weighted by Gasteiger charge is -2.05. The molecule has 0 aliphatic carbocycles. The van der Waals surface area contributed by atoms with E-state index in [0.29, 0.717) is 5.92 Å². The smallest absolute Gasteiger partial charge is 0.137 e. The van der Waals surface area contributed by atoms with Gasteiger partial charge in [0.25, 0.3) is 0 Å². The number of hydrogen-bond donors (Lipinski definition) is 0. The molecule has 0 aliphatic rings. The molecular formula is C9H13NO. The third kappa shape index (κ3) is 1.93. The fraction of sp³-hybridized carbons (Fsp3) is 0.444. The second-order valence-corrected chi connectivity index (χ2v) is 2.81. The summed E-state index contributed by atoms with van der Waals surface area (Å²) < 4.78 is 5.04. The zero-order chi connectivity index (χ0) is 8.27. The Morgan fingerprint density at radius 1 is 1.36 bits per heavy atom. The lowest BCUT2D eigenvalue weighted by molar-refractivity contribution is 0.412. The van der Waals surface area contributed by atoms with Crippen LogP contribution in [0.15, 0.2) is 18.5 Å². The topological polar surface area (TPSA) is 22.1 Å². The summed E-state index contributed by atoms with van der Waals surface area (Å²) >= 11 is 0. The van der Waals surface area contributed by atoms with Gasteiger partial charge in [-0.3, -0.25) is 4.98 Å². The van der Waals surface area contributed by atoms with Gasteiger partial charge in [0.15, 0.2) is 0 Å². The van der Waals surface area contributed by atoms with Crippen LogP contribution in [-0.4, -0.2) is 12.1 Å². The average molecular weight is 151 g/mol. The Hall–Kier alpha value is -1.05. The van der Waals surface area contributed by atoms with Crippen LogP contribution in [-0.2, 0) is 0 Å². The van der Waals surface area contributed by atoms with E-state index in [9.17, 15) is 0 Å². The third-order valence-corrected chi connectivity index (χ3v) is 1.64. The third-order valence-electron chi connectivity index (χ3n) is 1.64. The summed E-state index contributed by atoms with van der Waals surface area (Å²) in [5.41, 5.74) is 1.21. The fourth-order valence-corrected chi connectivity index (χ4v) is 0.863. The van der Waals surface area contributed by atoms with E-state index >= 15 is 0 Å². The van der Waals surface area contributed by atoms with E-state index in [0.717, 1.165) is 5.75 Å². The fourth-order valence-electron chi connectivity index (χ4n) is 0.863. The largest absolute Gasteiger partial charge is 0.495 e. The van der Waals surface area contributed by atoms with Gasteiger partial charge in [0, 0.05) is 6.20 Å². The van der Waals surface area contributed by atoms with E-state index in [1.54, 1.807) is 13.3 Å². The monoisotopic (exact) mass is 151 g/mol. The summed E-state index contributed by atoms with van der Waals surface area (Å²) in [4.78, 5) is 4.05. The molecule has 0 radical (unpaired) electrons. The molecule has 0 bridgehead atoms. The van der Waals surface area contributed by atoms with Gasteiger partial charge in [0.2, 0.25) is 0 Å². The number of aromatic nitrogens is 1. The molecule has 0 saturated carbocycles. The van der Waals surface area contributed by atoms with Crippen molar-refractivity contribution in [2.45, 2.75) is 19.8 Å². The highest BCUT2D eigenvalue weighted by Crippen LogP contribution is 2.17. The van der Waals surface area contributed by atoms with E-state index in [4.69, 9.17) is 4.74 Å². The van der Waals surface area contributed by atoms with Crippen molar-refractivity contribution in [1.82, 2.24) is 4.98 Å². The molecule has 0 aliphatic heterocycles. The quantitative estimate of drug-likeness (QED) is 0.646. The summed E-state index contributed by atoms with van der Waals surface area (Å²) in [5, 5.41) is 0. The molecular weight excluding hydrogens is 138 g/mol. The first kappa shape index (κ1) is 8.05. The molecule has 2 nitrogen and oxygen atoms in total. The molecule has 0 fully saturated rings. The Balaban J connectivity index is 2.91. The standard InChI is InChI=1S/C9H13NO/c1-7(2)8-4-9(11-3)6-10-5-8/h4-7H,1-3H3. The summed E-state index contributed by atoms with van der Waals surface area (Å²) in [6.45, 7) is 4.27. The van der Waals surface area contributed by atoms with Crippen LogP contribution >= 0.6 is 0 Å². The number of rotatable bonds is 2. The summed E-state index contributed by atoms with van der Waals surface area (Å²) in [6, 6.07) is 2.01.